The summed E-state index contributed by atoms with van der Waals surface area (Å²) in [4.78, 5) is 37.6. The SMILES string of the molecule is COC(=O)C1(C2c3ccccc3-c3ccccc32)CC(=O)N(O)C1=O. The third-order valence-electron chi connectivity index (χ3n) is 5.12. The molecule has 0 saturated carbocycles. The Kier molecular flexibility index (Phi) is 3.27. The third-order valence-corrected chi connectivity index (χ3v) is 5.12. The van der Waals surface area contributed by atoms with Crippen LogP contribution in [0.4, 0.5) is 0 Å². The number of hydroxylamine groups is 2. The van der Waals surface area contributed by atoms with Crippen LogP contribution in [0.25, 0.3) is 11.1 Å². The minimum atomic E-state index is -1.80. The molecule has 25 heavy (non-hydrogen) atoms. The zero-order valence-corrected chi connectivity index (χ0v) is 13.4. The Morgan fingerprint density at radius 3 is 2.04 bits per heavy atom. The summed E-state index contributed by atoms with van der Waals surface area (Å²) < 4.78 is 4.90. The van der Waals surface area contributed by atoms with Crippen LogP contribution < -0.4 is 0 Å². The first-order valence-corrected chi connectivity index (χ1v) is 7.85. The number of benzene rings is 2. The van der Waals surface area contributed by atoms with Crippen LogP contribution >= 0.6 is 0 Å². The Balaban J connectivity index is 2.03. The van der Waals surface area contributed by atoms with E-state index in [9.17, 15) is 19.6 Å². The van der Waals surface area contributed by atoms with E-state index in [4.69, 9.17) is 4.74 Å². The number of esters is 1. The highest BCUT2D eigenvalue weighted by atomic mass is 16.5. The maximum atomic E-state index is 12.8. The molecule has 1 heterocycles. The van der Waals surface area contributed by atoms with Gasteiger partial charge in [-0.2, -0.15) is 5.06 Å². The molecule has 2 aromatic carbocycles. The first-order chi connectivity index (χ1) is 12.0. The zero-order chi connectivity index (χ0) is 17.8. The summed E-state index contributed by atoms with van der Waals surface area (Å²) in [6, 6.07) is 14.9. The molecule has 2 aliphatic rings. The number of carbonyl (C=O) groups excluding carboxylic acids is 3. The highest BCUT2D eigenvalue weighted by molar-refractivity contribution is 6.17. The second kappa shape index (κ2) is 5.26. The van der Waals surface area contributed by atoms with E-state index in [0.717, 1.165) is 22.3 Å². The molecule has 0 spiro atoms. The Hall–Kier alpha value is -2.99. The summed E-state index contributed by atoms with van der Waals surface area (Å²) in [5, 5.41) is 9.87. The lowest BCUT2D eigenvalue weighted by Gasteiger charge is -2.30. The van der Waals surface area contributed by atoms with Gasteiger partial charge in [-0.15, -0.1) is 0 Å². The quantitative estimate of drug-likeness (QED) is 0.393. The number of carbonyl (C=O) groups is 3. The summed E-state index contributed by atoms with van der Waals surface area (Å²) in [6.07, 6.45) is -0.428. The van der Waals surface area contributed by atoms with E-state index in [-0.39, 0.29) is 5.06 Å². The maximum absolute atomic E-state index is 12.8. The number of nitrogens with zero attached hydrogens (tertiary/aromatic N) is 1. The molecule has 6 nitrogen and oxygen atoms in total. The Labute approximate surface area is 143 Å². The van der Waals surface area contributed by atoms with Crippen LogP contribution in [0.5, 0.6) is 0 Å². The molecule has 1 fully saturated rings. The van der Waals surface area contributed by atoms with Crippen LogP contribution in [0.1, 0.15) is 23.5 Å². The molecule has 1 saturated heterocycles. The lowest BCUT2D eigenvalue weighted by molar-refractivity contribution is -0.177. The maximum Gasteiger partial charge on any atom is 0.323 e. The van der Waals surface area contributed by atoms with Gasteiger partial charge in [0, 0.05) is 5.92 Å². The van der Waals surface area contributed by atoms with Crippen LogP contribution in [-0.4, -0.2) is 35.2 Å². The van der Waals surface area contributed by atoms with Crippen molar-refractivity contribution in [1.82, 2.24) is 5.06 Å². The molecule has 126 valence electrons. The lowest BCUT2D eigenvalue weighted by atomic mass is 9.69. The predicted octanol–water partition coefficient (Wildman–Crippen LogP) is 2.11. The summed E-state index contributed by atoms with van der Waals surface area (Å²) in [5.41, 5.74) is 1.55. The molecule has 0 aromatic heterocycles. The zero-order valence-electron chi connectivity index (χ0n) is 13.4. The van der Waals surface area contributed by atoms with Crippen molar-refractivity contribution in [3.63, 3.8) is 0 Å². The first kappa shape index (κ1) is 15.5. The van der Waals surface area contributed by atoms with Gasteiger partial charge in [0.05, 0.1) is 13.5 Å². The van der Waals surface area contributed by atoms with Crippen LogP contribution in [0.15, 0.2) is 48.5 Å². The molecule has 2 amide bonds. The minimum Gasteiger partial charge on any atom is -0.468 e. The van der Waals surface area contributed by atoms with Crippen molar-refractivity contribution in [3.05, 3.63) is 59.7 Å². The van der Waals surface area contributed by atoms with Crippen LogP contribution in [0, 0.1) is 5.41 Å². The van der Waals surface area contributed by atoms with Crippen molar-refractivity contribution in [3.8, 4) is 11.1 Å². The number of hydrogen-bond acceptors (Lipinski definition) is 5. The molecule has 0 bridgehead atoms. The summed E-state index contributed by atoms with van der Waals surface area (Å²) in [7, 11) is 1.18. The lowest BCUT2D eigenvalue weighted by Crippen LogP contribution is -2.45. The second-order valence-electron chi connectivity index (χ2n) is 6.26. The van der Waals surface area contributed by atoms with Gasteiger partial charge in [-0.3, -0.25) is 19.6 Å². The fraction of sp³-hybridized carbons (Fsp3) is 0.211. The van der Waals surface area contributed by atoms with Gasteiger partial charge in [-0.1, -0.05) is 48.5 Å². The van der Waals surface area contributed by atoms with Crippen molar-refractivity contribution in [2.45, 2.75) is 12.3 Å². The average Bonchev–Trinajstić information content (AvgIpc) is 3.09. The molecule has 4 rings (SSSR count). The molecule has 1 N–H and O–H groups in total. The van der Waals surface area contributed by atoms with E-state index in [1.54, 1.807) is 0 Å². The fourth-order valence-electron chi connectivity index (χ4n) is 4.06. The standard InChI is InChI=1S/C19H15NO5/c1-25-18(23)19(10-15(21)20(24)17(19)22)16-13-8-4-2-6-11(13)12-7-3-5-9-14(12)16/h2-9,16,24H,10H2,1H3. The number of hydrogen-bond donors (Lipinski definition) is 1. The molecular weight excluding hydrogens is 322 g/mol. The molecule has 6 heteroatoms. The highest BCUT2D eigenvalue weighted by Gasteiger charge is 2.64. The minimum absolute atomic E-state index is 0.0421. The van der Waals surface area contributed by atoms with Gasteiger partial charge < -0.3 is 4.74 Å². The van der Waals surface area contributed by atoms with Crippen LogP contribution in [0.3, 0.4) is 0 Å². The van der Waals surface area contributed by atoms with E-state index >= 15 is 0 Å². The second-order valence-corrected chi connectivity index (χ2v) is 6.26. The topological polar surface area (TPSA) is 83.9 Å². The number of rotatable bonds is 2. The van der Waals surface area contributed by atoms with Gasteiger partial charge in [-0.25, -0.2) is 0 Å². The van der Waals surface area contributed by atoms with Crippen molar-refractivity contribution >= 4 is 17.8 Å². The van der Waals surface area contributed by atoms with E-state index in [1.165, 1.54) is 7.11 Å². The molecule has 1 aliphatic carbocycles. The molecular formula is C19H15NO5. The van der Waals surface area contributed by atoms with Gasteiger partial charge in [-0.05, 0) is 22.3 Å². The van der Waals surface area contributed by atoms with Gasteiger partial charge in [0.2, 0.25) is 0 Å². The van der Waals surface area contributed by atoms with Gasteiger partial charge in [0.1, 0.15) is 0 Å². The largest absolute Gasteiger partial charge is 0.468 e. The van der Waals surface area contributed by atoms with Crippen LogP contribution in [-0.2, 0) is 19.1 Å². The number of amides is 2. The average molecular weight is 337 g/mol. The Bertz CT molecular complexity index is 876. The number of ether oxygens (including phenoxy) is 1. The predicted molar refractivity (Wildman–Crippen MR) is 86.4 cm³/mol. The fourth-order valence-corrected chi connectivity index (χ4v) is 4.06. The van der Waals surface area contributed by atoms with E-state index in [2.05, 4.69) is 0 Å². The molecule has 1 atom stereocenters. The smallest absolute Gasteiger partial charge is 0.323 e. The van der Waals surface area contributed by atoms with Crippen molar-refractivity contribution in [2.24, 2.45) is 5.41 Å². The van der Waals surface area contributed by atoms with Crippen molar-refractivity contribution in [1.29, 1.82) is 0 Å². The normalized spacial score (nSPS) is 22.1. The van der Waals surface area contributed by atoms with E-state index in [0.29, 0.717) is 0 Å². The summed E-state index contributed by atoms with van der Waals surface area (Å²) in [6.45, 7) is 0. The third kappa shape index (κ3) is 1.85. The van der Waals surface area contributed by atoms with Crippen LogP contribution in [0.2, 0.25) is 0 Å². The Morgan fingerprint density at radius 1 is 1.08 bits per heavy atom. The van der Waals surface area contributed by atoms with E-state index < -0.39 is 35.5 Å². The number of fused-ring (bicyclic) bond motifs is 3. The molecule has 2 aromatic rings. The van der Waals surface area contributed by atoms with Crippen molar-refractivity contribution in [2.75, 3.05) is 7.11 Å². The number of methoxy groups -OCH3 is 1. The monoisotopic (exact) mass is 337 g/mol. The first-order valence-electron chi connectivity index (χ1n) is 7.85. The molecule has 0 radical (unpaired) electrons. The van der Waals surface area contributed by atoms with Gasteiger partial charge in [0.15, 0.2) is 5.41 Å². The highest BCUT2D eigenvalue weighted by Crippen LogP contribution is 2.56. The molecule has 1 unspecified atom stereocenters. The van der Waals surface area contributed by atoms with Crippen molar-refractivity contribution < 1.29 is 24.3 Å². The summed E-state index contributed by atoms with van der Waals surface area (Å²) >= 11 is 0. The summed E-state index contributed by atoms with van der Waals surface area (Å²) in [5.74, 6) is -3.27. The number of imide groups is 1. The van der Waals surface area contributed by atoms with Gasteiger partial charge in [0.25, 0.3) is 11.8 Å². The van der Waals surface area contributed by atoms with E-state index in [1.807, 2.05) is 48.5 Å². The van der Waals surface area contributed by atoms with Gasteiger partial charge >= 0.3 is 5.97 Å². The Morgan fingerprint density at radius 2 is 1.60 bits per heavy atom. The molecule has 1 aliphatic heterocycles.